The lowest BCUT2D eigenvalue weighted by molar-refractivity contribution is 0.608. The number of nitrogens with two attached hydrogens (primary N) is 1. The van der Waals surface area contributed by atoms with Crippen LogP contribution in [0.15, 0.2) is 23.8 Å². The number of hydrogen-bond acceptors (Lipinski definition) is 2. The first-order valence-electron chi connectivity index (χ1n) is 6.79. The molecule has 1 unspecified atom stereocenters. The quantitative estimate of drug-likeness (QED) is 0.782. The molecule has 0 saturated heterocycles. The highest BCUT2D eigenvalue weighted by atomic mass is 32.1. The van der Waals surface area contributed by atoms with Gasteiger partial charge in [-0.2, -0.15) is 0 Å². The van der Waals surface area contributed by atoms with Gasteiger partial charge >= 0.3 is 0 Å². The van der Waals surface area contributed by atoms with Crippen molar-refractivity contribution in [2.24, 2.45) is 5.73 Å². The van der Waals surface area contributed by atoms with Crippen LogP contribution in [0.1, 0.15) is 48.8 Å². The highest BCUT2D eigenvalue weighted by Gasteiger charge is 2.10. The minimum Gasteiger partial charge on any atom is -0.327 e. The van der Waals surface area contributed by atoms with E-state index < -0.39 is 0 Å². The average molecular weight is 249 g/mol. The second kappa shape index (κ2) is 6.36. The number of rotatable bonds is 5. The van der Waals surface area contributed by atoms with Crippen molar-refractivity contribution >= 4 is 11.3 Å². The zero-order valence-electron chi connectivity index (χ0n) is 10.7. The van der Waals surface area contributed by atoms with Crippen molar-refractivity contribution in [3.05, 3.63) is 33.5 Å². The number of allylic oxidation sites excluding steroid dienone is 1. The Balaban J connectivity index is 1.83. The largest absolute Gasteiger partial charge is 0.327 e. The molecular weight excluding hydrogens is 226 g/mol. The third-order valence-electron chi connectivity index (χ3n) is 3.44. The van der Waals surface area contributed by atoms with Crippen molar-refractivity contribution in [3.8, 4) is 0 Å². The van der Waals surface area contributed by atoms with Crippen LogP contribution in [0.2, 0.25) is 0 Å². The Morgan fingerprint density at radius 1 is 1.24 bits per heavy atom. The molecule has 0 aliphatic heterocycles. The molecule has 1 nitrogen and oxygen atoms in total. The van der Waals surface area contributed by atoms with Gasteiger partial charge in [-0.1, -0.05) is 18.6 Å². The summed E-state index contributed by atoms with van der Waals surface area (Å²) in [7, 11) is 0. The van der Waals surface area contributed by atoms with Crippen LogP contribution in [0.4, 0.5) is 0 Å². The molecular formula is C15H23NS. The standard InChI is InChI=1S/C15H23NS/c1-2-14-8-9-15(17-14)11-13(16)10-12-6-4-3-5-7-12/h6,8-9,13H,2-5,7,10-11,16H2,1H3. The second-order valence-corrected chi connectivity index (χ2v) is 6.25. The lowest BCUT2D eigenvalue weighted by atomic mass is 9.93. The van der Waals surface area contributed by atoms with Crippen LogP contribution in [0.25, 0.3) is 0 Å². The van der Waals surface area contributed by atoms with E-state index in [2.05, 4.69) is 25.1 Å². The molecule has 0 fully saturated rings. The molecule has 0 aromatic carbocycles. The molecule has 0 bridgehead atoms. The smallest absolute Gasteiger partial charge is 0.0125 e. The van der Waals surface area contributed by atoms with Gasteiger partial charge < -0.3 is 5.73 Å². The second-order valence-electron chi connectivity index (χ2n) is 5.00. The summed E-state index contributed by atoms with van der Waals surface area (Å²) >= 11 is 1.92. The SMILES string of the molecule is CCc1ccc(CC(N)CC2=CCCCC2)s1. The highest BCUT2D eigenvalue weighted by molar-refractivity contribution is 7.11. The summed E-state index contributed by atoms with van der Waals surface area (Å²) in [6.07, 6.45) is 11.0. The average Bonchev–Trinajstić information content (AvgIpc) is 2.78. The molecule has 2 rings (SSSR count). The Bertz CT molecular complexity index is 378. The van der Waals surface area contributed by atoms with Gasteiger partial charge in [-0.05, 0) is 57.1 Å². The Kier molecular flexibility index (Phi) is 4.81. The maximum atomic E-state index is 6.25. The van der Waals surface area contributed by atoms with Crippen molar-refractivity contribution in [2.75, 3.05) is 0 Å². The van der Waals surface area contributed by atoms with Gasteiger partial charge in [0.1, 0.15) is 0 Å². The minimum atomic E-state index is 0.308. The molecule has 1 heterocycles. The summed E-state index contributed by atoms with van der Waals surface area (Å²) in [6.45, 7) is 2.21. The Labute approximate surface area is 109 Å². The van der Waals surface area contributed by atoms with Crippen molar-refractivity contribution in [2.45, 2.75) is 57.9 Å². The maximum absolute atomic E-state index is 6.25. The molecule has 0 saturated carbocycles. The Hall–Kier alpha value is -0.600. The molecule has 1 aromatic heterocycles. The summed E-state index contributed by atoms with van der Waals surface area (Å²) in [4.78, 5) is 2.93. The molecule has 2 heteroatoms. The molecule has 1 atom stereocenters. The van der Waals surface area contributed by atoms with Crippen molar-refractivity contribution in [1.29, 1.82) is 0 Å². The third kappa shape index (κ3) is 3.97. The topological polar surface area (TPSA) is 26.0 Å². The summed E-state index contributed by atoms with van der Waals surface area (Å²) < 4.78 is 0. The van der Waals surface area contributed by atoms with Gasteiger partial charge in [0.05, 0.1) is 0 Å². The molecule has 0 radical (unpaired) electrons. The first kappa shape index (κ1) is 12.8. The first-order chi connectivity index (χ1) is 8.28. The van der Waals surface area contributed by atoms with Crippen LogP contribution in [-0.4, -0.2) is 6.04 Å². The van der Waals surface area contributed by atoms with E-state index in [4.69, 9.17) is 5.73 Å². The van der Waals surface area contributed by atoms with Gasteiger partial charge in [0, 0.05) is 15.8 Å². The fourth-order valence-electron chi connectivity index (χ4n) is 2.48. The summed E-state index contributed by atoms with van der Waals surface area (Å²) in [5.41, 5.74) is 7.85. The van der Waals surface area contributed by atoms with Gasteiger partial charge in [0.2, 0.25) is 0 Å². The van der Waals surface area contributed by atoms with Gasteiger partial charge in [-0.15, -0.1) is 11.3 Å². The van der Waals surface area contributed by atoms with E-state index in [1.807, 2.05) is 11.3 Å². The predicted molar refractivity (Wildman–Crippen MR) is 76.5 cm³/mol. The van der Waals surface area contributed by atoms with Gasteiger partial charge in [-0.25, -0.2) is 0 Å². The fourth-order valence-corrected chi connectivity index (χ4v) is 3.53. The minimum absolute atomic E-state index is 0.308. The molecule has 1 aliphatic rings. The normalized spacial score (nSPS) is 17.9. The molecule has 0 spiro atoms. The van der Waals surface area contributed by atoms with Gasteiger partial charge in [0.25, 0.3) is 0 Å². The van der Waals surface area contributed by atoms with Gasteiger partial charge in [0.15, 0.2) is 0 Å². The lowest BCUT2D eigenvalue weighted by Crippen LogP contribution is -2.23. The lowest BCUT2D eigenvalue weighted by Gasteiger charge is -2.16. The zero-order chi connectivity index (χ0) is 12.1. The highest BCUT2D eigenvalue weighted by Crippen LogP contribution is 2.23. The number of aryl methyl sites for hydroxylation is 1. The monoisotopic (exact) mass is 249 g/mol. The number of thiophene rings is 1. The van der Waals surface area contributed by atoms with Crippen LogP contribution >= 0.6 is 11.3 Å². The van der Waals surface area contributed by atoms with E-state index in [-0.39, 0.29) is 0 Å². The van der Waals surface area contributed by atoms with E-state index >= 15 is 0 Å². The predicted octanol–water partition coefficient (Wildman–Crippen LogP) is 4.07. The molecule has 0 amide bonds. The molecule has 2 N–H and O–H groups in total. The number of hydrogen-bond donors (Lipinski definition) is 1. The fraction of sp³-hybridized carbons (Fsp3) is 0.600. The van der Waals surface area contributed by atoms with E-state index in [1.165, 1.54) is 35.4 Å². The van der Waals surface area contributed by atoms with Crippen LogP contribution in [0.3, 0.4) is 0 Å². The van der Waals surface area contributed by atoms with Gasteiger partial charge in [-0.3, -0.25) is 0 Å². The van der Waals surface area contributed by atoms with Crippen molar-refractivity contribution in [1.82, 2.24) is 0 Å². The maximum Gasteiger partial charge on any atom is 0.0125 e. The van der Waals surface area contributed by atoms with E-state index in [1.54, 1.807) is 5.57 Å². The zero-order valence-corrected chi connectivity index (χ0v) is 11.6. The Morgan fingerprint density at radius 2 is 2.06 bits per heavy atom. The molecule has 17 heavy (non-hydrogen) atoms. The van der Waals surface area contributed by atoms with Crippen LogP contribution < -0.4 is 5.73 Å². The van der Waals surface area contributed by atoms with E-state index in [9.17, 15) is 0 Å². The Morgan fingerprint density at radius 3 is 2.71 bits per heavy atom. The van der Waals surface area contributed by atoms with Crippen LogP contribution in [-0.2, 0) is 12.8 Å². The van der Waals surface area contributed by atoms with Crippen LogP contribution in [0.5, 0.6) is 0 Å². The molecule has 94 valence electrons. The molecule has 1 aliphatic carbocycles. The summed E-state index contributed by atoms with van der Waals surface area (Å²) in [5, 5.41) is 0. The first-order valence-corrected chi connectivity index (χ1v) is 7.60. The summed E-state index contributed by atoms with van der Waals surface area (Å²) in [5.74, 6) is 0. The van der Waals surface area contributed by atoms with E-state index in [0.29, 0.717) is 6.04 Å². The van der Waals surface area contributed by atoms with Crippen LogP contribution in [0, 0.1) is 0 Å². The molecule has 1 aromatic rings. The van der Waals surface area contributed by atoms with Crippen molar-refractivity contribution in [3.63, 3.8) is 0 Å². The van der Waals surface area contributed by atoms with Crippen molar-refractivity contribution < 1.29 is 0 Å². The summed E-state index contributed by atoms with van der Waals surface area (Å²) in [6, 6.07) is 4.80. The third-order valence-corrected chi connectivity index (χ3v) is 4.69. The van der Waals surface area contributed by atoms with E-state index in [0.717, 1.165) is 19.3 Å².